The third-order valence-electron chi connectivity index (χ3n) is 2.38. The Balaban J connectivity index is 3.32. The largest absolute Gasteiger partial charge is 0.478 e. The van der Waals surface area contributed by atoms with Gasteiger partial charge < -0.3 is 14.9 Å². The van der Waals surface area contributed by atoms with Crippen LogP contribution in [0.15, 0.2) is 47.0 Å². The minimum Gasteiger partial charge on any atom is -0.478 e. The number of halogens is 1. The molecule has 104 valence electrons. The van der Waals surface area contributed by atoms with Gasteiger partial charge in [-0.3, -0.25) is 0 Å². The Morgan fingerprint density at radius 1 is 1.47 bits per heavy atom. The predicted octanol–water partition coefficient (Wildman–Crippen LogP) is 2.75. The van der Waals surface area contributed by atoms with Gasteiger partial charge in [-0.2, -0.15) is 0 Å². The van der Waals surface area contributed by atoms with Crippen LogP contribution in [0, 0.1) is 0 Å². The standard InChI is InChI=1S/C14H17ClO4/c1-3-4-13-11(14(17)18)8-10(7-9(2)15)12(19-13)5-6-16/h4-5,7-9,16H,3,6H2,1-2H3,(H,17,18)/b10-7-,12-5+,13-4-. The van der Waals surface area contributed by atoms with Gasteiger partial charge in [0.2, 0.25) is 0 Å². The second-order valence-electron chi connectivity index (χ2n) is 3.99. The average Bonchev–Trinajstić information content (AvgIpc) is 2.32. The Morgan fingerprint density at radius 2 is 2.16 bits per heavy atom. The number of aliphatic carboxylic acids is 1. The number of aliphatic hydroxyl groups excluding tert-OH is 1. The molecule has 1 aliphatic heterocycles. The van der Waals surface area contributed by atoms with Crippen molar-refractivity contribution in [3.8, 4) is 0 Å². The van der Waals surface area contributed by atoms with Crippen molar-refractivity contribution in [2.75, 3.05) is 6.61 Å². The molecule has 0 bridgehead atoms. The molecular weight excluding hydrogens is 268 g/mol. The predicted molar refractivity (Wildman–Crippen MR) is 73.7 cm³/mol. The number of hydrogen-bond donors (Lipinski definition) is 2. The highest BCUT2D eigenvalue weighted by Crippen LogP contribution is 2.30. The number of aliphatic hydroxyl groups is 1. The Morgan fingerprint density at radius 3 is 2.63 bits per heavy atom. The van der Waals surface area contributed by atoms with Crippen molar-refractivity contribution < 1.29 is 19.7 Å². The molecule has 1 heterocycles. The lowest BCUT2D eigenvalue weighted by atomic mass is 10.0. The molecule has 5 heteroatoms. The summed E-state index contributed by atoms with van der Waals surface area (Å²) in [6.45, 7) is 3.45. The highest BCUT2D eigenvalue weighted by atomic mass is 35.5. The van der Waals surface area contributed by atoms with Crippen LogP contribution in [0.2, 0.25) is 0 Å². The molecule has 0 amide bonds. The molecule has 0 aliphatic carbocycles. The van der Waals surface area contributed by atoms with Crippen LogP contribution in [0.3, 0.4) is 0 Å². The molecular formula is C14H17ClO4. The van der Waals surface area contributed by atoms with Crippen LogP contribution in [0.25, 0.3) is 0 Å². The van der Waals surface area contributed by atoms with Gasteiger partial charge in [0.1, 0.15) is 17.1 Å². The highest BCUT2D eigenvalue weighted by molar-refractivity contribution is 6.21. The monoisotopic (exact) mass is 284 g/mol. The third-order valence-corrected chi connectivity index (χ3v) is 2.50. The first-order chi connectivity index (χ1) is 8.99. The molecule has 19 heavy (non-hydrogen) atoms. The quantitative estimate of drug-likeness (QED) is 0.779. The summed E-state index contributed by atoms with van der Waals surface area (Å²) in [5.74, 6) is -0.357. The van der Waals surface area contributed by atoms with E-state index in [1.54, 1.807) is 19.1 Å². The van der Waals surface area contributed by atoms with Gasteiger partial charge >= 0.3 is 5.97 Å². The summed E-state index contributed by atoms with van der Waals surface area (Å²) in [5.41, 5.74) is 0.641. The van der Waals surface area contributed by atoms with Gasteiger partial charge in [-0.15, -0.1) is 11.6 Å². The first-order valence-electron chi connectivity index (χ1n) is 6.00. The molecule has 4 nitrogen and oxygen atoms in total. The van der Waals surface area contributed by atoms with Crippen LogP contribution < -0.4 is 0 Å². The molecule has 0 radical (unpaired) electrons. The molecule has 0 aromatic carbocycles. The molecule has 0 fully saturated rings. The second kappa shape index (κ2) is 7.16. The van der Waals surface area contributed by atoms with Crippen molar-refractivity contribution in [3.63, 3.8) is 0 Å². The summed E-state index contributed by atoms with van der Waals surface area (Å²) in [7, 11) is 0. The maximum atomic E-state index is 11.2. The van der Waals surface area contributed by atoms with E-state index >= 15 is 0 Å². The first-order valence-corrected chi connectivity index (χ1v) is 6.43. The smallest absolute Gasteiger partial charge is 0.339 e. The van der Waals surface area contributed by atoms with Crippen LogP contribution in [-0.2, 0) is 9.53 Å². The van der Waals surface area contributed by atoms with Gasteiger partial charge in [-0.25, -0.2) is 4.79 Å². The summed E-state index contributed by atoms with van der Waals surface area (Å²) >= 11 is 5.89. The summed E-state index contributed by atoms with van der Waals surface area (Å²) in [5, 5.41) is 17.9. The van der Waals surface area contributed by atoms with Gasteiger partial charge in [0.15, 0.2) is 0 Å². The molecule has 1 unspecified atom stereocenters. The van der Waals surface area contributed by atoms with Gasteiger partial charge in [0.05, 0.1) is 6.61 Å². The Kier molecular flexibility index (Phi) is 5.86. The Labute approximate surface area is 117 Å². The zero-order valence-corrected chi connectivity index (χ0v) is 11.6. The summed E-state index contributed by atoms with van der Waals surface area (Å²) < 4.78 is 5.54. The maximum Gasteiger partial charge on any atom is 0.339 e. The fraction of sp³-hybridized carbons (Fsp3) is 0.357. The number of allylic oxidation sites excluding steroid dienone is 3. The molecule has 1 aliphatic rings. The van der Waals surface area contributed by atoms with Crippen molar-refractivity contribution >= 4 is 17.6 Å². The molecule has 0 spiro atoms. The zero-order chi connectivity index (χ0) is 14.4. The average molecular weight is 285 g/mol. The molecule has 1 atom stereocenters. The van der Waals surface area contributed by atoms with E-state index in [4.69, 9.17) is 21.4 Å². The van der Waals surface area contributed by atoms with E-state index in [0.717, 1.165) is 0 Å². The van der Waals surface area contributed by atoms with Crippen molar-refractivity contribution in [2.24, 2.45) is 0 Å². The maximum absolute atomic E-state index is 11.2. The van der Waals surface area contributed by atoms with Crippen LogP contribution in [0.5, 0.6) is 0 Å². The van der Waals surface area contributed by atoms with Crippen molar-refractivity contribution in [2.45, 2.75) is 25.6 Å². The molecule has 0 aromatic rings. The number of rotatable bonds is 4. The normalized spacial score (nSPS) is 23.4. The first kappa shape index (κ1) is 15.5. The van der Waals surface area contributed by atoms with E-state index in [2.05, 4.69) is 0 Å². The number of carboxylic acid groups (broad SMARTS) is 1. The Bertz CT molecular complexity index is 470. The SMILES string of the molecule is CC/C=C1\OC(=C/CO)/C(=C\C(C)Cl)C=C1C(=O)O. The Hall–Kier alpha value is -1.52. The van der Waals surface area contributed by atoms with E-state index in [0.29, 0.717) is 17.8 Å². The van der Waals surface area contributed by atoms with Crippen molar-refractivity contribution in [1.29, 1.82) is 0 Å². The molecule has 0 saturated carbocycles. The van der Waals surface area contributed by atoms with Crippen LogP contribution in [0.4, 0.5) is 0 Å². The fourth-order valence-corrected chi connectivity index (χ4v) is 1.79. The van der Waals surface area contributed by atoms with Gasteiger partial charge in [-0.1, -0.05) is 13.0 Å². The summed E-state index contributed by atoms with van der Waals surface area (Å²) in [6.07, 6.45) is 7.00. The number of carboxylic acids is 1. The number of carbonyl (C=O) groups is 1. The summed E-state index contributed by atoms with van der Waals surface area (Å²) in [4.78, 5) is 11.2. The van der Waals surface area contributed by atoms with Crippen molar-refractivity contribution in [3.05, 3.63) is 47.0 Å². The topological polar surface area (TPSA) is 66.8 Å². The number of hydrogen-bond acceptors (Lipinski definition) is 3. The van der Waals surface area contributed by atoms with Crippen LogP contribution in [-0.4, -0.2) is 28.2 Å². The molecule has 0 aromatic heterocycles. The highest BCUT2D eigenvalue weighted by Gasteiger charge is 2.23. The lowest BCUT2D eigenvalue weighted by molar-refractivity contribution is -0.132. The molecule has 1 rings (SSSR count). The van der Waals surface area contributed by atoms with Gasteiger partial charge in [-0.05, 0) is 31.6 Å². The lowest BCUT2D eigenvalue weighted by Gasteiger charge is -2.21. The van der Waals surface area contributed by atoms with E-state index in [1.807, 2.05) is 6.92 Å². The number of ether oxygens (including phenoxy) is 1. The van der Waals surface area contributed by atoms with Crippen molar-refractivity contribution in [1.82, 2.24) is 0 Å². The number of alkyl halides is 1. The third kappa shape index (κ3) is 4.26. The van der Waals surface area contributed by atoms with E-state index in [1.165, 1.54) is 12.2 Å². The van der Waals surface area contributed by atoms with Gasteiger partial charge in [0, 0.05) is 11.0 Å². The van der Waals surface area contributed by atoms with Crippen LogP contribution >= 0.6 is 11.6 Å². The second-order valence-corrected chi connectivity index (χ2v) is 4.68. The van der Waals surface area contributed by atoms with E-state index in [-0.39, 0.29) is 23.3 Å². The lowest BCUT2D eigenvalue weighted by Crippen LogP contribution is -2.13. The minimum absolute atomic E-state index is 0.0838. The molecule has 0 saturated heterocycles. The zero-order valence-electron chi connectivity index (χ0n) is 10.9. The fourth-order valence-electron chi connectivity index (χ4n) is 1.65. The summed E-state index contributed by atoms with van der Waals surface area (Å²) in [6, 6.07) is 0. The van der Waals surface area contributed by atoms with Gasteiger partial charge in [0.25, 0.3) is 0 Å². The van der Waals surface area contributed by atoms with E-state index < -0.39 is 5.97 Å². The van der Waals surface area contributed by atoms with Crippen LogP contribution in [0.1, 0.15) is 20.3 Å². The molecule has 2 N–H and O–H groups in total. The van der Waals surface area contributed by atoms with E-state index in [9.17, 15) is 9.90 Å². The minimum atomic E-state index is -1.06.